The summed E-state index contributed by atoms with van der Waals surface area (Å²) < 4.78 is 10.9. The van der Waals surface area contributed by atoms with E-state index in [9.17, 15) is 9.59 Å². The molecule has 0 amide bonds. The van der Waals surface area contributed by atoms with E-state index in [1.165, 1.54) is 0 Å². The van der Waals surface area contributed by atoms with E-state index in [0.717, 1.165) is 36.3 Å². The Kier molecular flexibility index (Phi) is 6.60. The Hall–Kier alpha value is -2.74. The number of benzene rings is 1. The van der Waals surface area contributed by atoms with Crippen LogP contribution in [0.2, 0.25) is 0 Å². The molecule has 0 fully saturated rings. The van der Waals surface area contributed by atoms with Crippen LogP contribution >= 0.6 is 11.8 Å². The van der Waals surface area contributed by atoms with Crippen molar-refractivity contribution in [1.82, 2.24) is 9.97 Å². The van der Waals surface area contributed by atoms with E-state index in [2.05, 4.69) is 24.1 Å². The van der Waals surface area contributed by atoms with E-state index >= 15 is 0 Å². The summed E-state index contributed by atoms with van der Waals surface area (Å²) in [6.07, 6.45) is 3.07. The molecule has 0 radical (unpaired) electrons. The first-order valence-corrected chi connectivity index (χ1v) is 11.9. The maximum atomic E-state index is 13.3. The smallest absolute Gasteiger partial charge is 0.257 e. The summed E-state index contributed by atoms with van der Waals surface area (Å²) in [4.78, 5) is 33.9. The molecule has 32 heavy (non-hydrogen) atoms. The van der Waals surface area contributed by atoms with E-state index in [-0.39, 0.29) is 11.3 Å². The SMILES string of the molecule is COc1ccc([C@@H]2C3=C(CCCC3=O)Nc3nc(SCCC(C)C)[nH]c(=O)c32)cc1OC. The Morgan fingerprint density at radius 1 is 1.16 bits per heavy atom. The number of H-pyrrole nitrogens is 1. The maximum absolute atomic E-state index is 13.3. The van der Waals surface area contributed by atoms with Gasteiger partial charge in [-0.1, -0.05) is 31.7 Å². The van der Waals surface area contributed by atoms with Gasteiger partial charge in [-0.25, -0.2) is 4.98 Å². The number of hydrogen-bond donors (Lipinski definition) is 2. The molecule has 170 valence electrons. The monoisotopic (exact) mass is 455 g/mol. The van der Waals surface area contributed by atoms with Gasteiger partial charge < -0.3 is 19.8 Å². The molecule has 0 unspecified atom stereocenters. The number of allylic oxidation sites excluding steroid dienone is 2. The highest BCUT2D eigenvalue weighted by Gasteiger charge is 2.38. The largest absolute Gasteiger partial charge is 0.493 e. The van der Waals surface area contributed by atoms with Crippen molar-refractivity contribution >= 4 is 23.4 Å². The van der Waals surface area contributed by atoms with Crippen LogP contribution in [0.15, 0.2) is 39.4 Å². The number of Topliss-reactive ketones (excluding diaryl/α,β-unsaturated/α-hetero) is 1. The van der Waals surface area contributed by atoms with Gasteiger partial charge >= 0.3 is 0 Å². The van der Waals surface area contributed by atoms with E-state index in [1.54, 1.807) is 32.0 Å². The van der Waals surface area contributed by atoms with Gasteiger partial charge in [-0.3, -0.25) is 9.59 Å². The summed E-state index contributed by atoms with van der Waals surface area (Å²) in [6.45, 7) is 4.35. The van der Waals surface area contributed by atoms with Gasteiger partial charge in [0.2, 0.25) is 0 Å². The molecule has 4 rings (SSSR count). The molecule has 1 aliphatic heterocycles. The second-order valence-corrected chi connectivity index (χ2v) is 9.59. The quantitative estimate of drug-likeness (QED) is 0.469. The van der Waals surface area contributed by atoms with Gasteiger partial charge in [0.15, 0.2) is 22.4 Å². The zero-order valence-electron chi connectivity index (χ0n) is 18.9. The van der Waals surface area contributed by atoms with Crippen LogP contribution in [0.25, 0.3) is 0 Å². The zero-order chi connectivity index (χ0) is 22.8. The number of nitrogens with one attached hydrogen (secondary N) is 2. The number of hydrogen-bond acceptors (Lipinski definition) is 7. The number of rotatable bonds is 7. The standard InChI is InChI=1S/C24H29N3O4S/c1-13(2)10-11-32-24-26-22-21(23(29)27-24)19(20-15(25-22)6-5-7-16(20)28)14-8-9-17(30-3)18(12-14)31-4/h8-9,12-13,19H,5-7,10-11H2,1-4H3,(H2,25,26,27,29)/t19-/m1/s1. The minimum Gasteiger partial charge on any atom is -0.493 e. The lowest BCUT2D eigenvalue weighted by Gasteiger charge is -2.33. The fourth-order valence-corrected chi connectivity index (χ4v) is 5.37. The van der Waals surface area contributed by atoms with Gasteiger partial charge in [-0.2, -0.15) is 0 Å². The number of anilines is 1. The number of ether oxygens (including phenoxy) is 2. The summed E-state index contributed by atoms with van der Waals surface area (Å²) in [5, 5.41) is 3.92. The van der Waals surface area contributed by atoms with E-state index in [4.69, 9.17) is 14.5 Å². The van der Waals surface area contributed by atoms with Crippen LogP contribution in [-0.4, -0.2) is 35.7 Å². The fraction of sp³-hybridized carbons (Fsp3) is 0.458. The third-order valence-electron chi connectivity index (χ3n) is 5.91. The summed E-state index contributed by atoms with van der Waals surface area (Å²) in [5.74, 6) is 2.72. The molecule has 2 aliphatic rings. The minimum atomic E-state index is -0.500. The fourth-order valence-electron chi connectivity index (χ4n) is 4.27. The molecular weight excluding hydrogens is 426 g/mol. The molecule has 1 atom stereocenters. The number of fused-ring (bicyclic) bond motifs is 1. The Balaban J connectivity index is 1.82. The highest BCUT2D eigenvalue weighted by molar-refractivity contribution is 7.99. The topological polar surface area (TPSA) is 93.3 Å². The third kappa shape index (κ3) is 4.28. The molecule has 0 saturated carbocycles. The summed E-state index contributed by atoms with van der Waals surface area (Å²) >= 11 is 1.55. The molecule has 2 aromatic rings. The molecule has 1 aromatic heterocycles. The van der Waals surface area contributed by atoms with Crippen molar-refractivity contribution in [3.05, 3.63) is 50.9 Å². The average molecular weight is 456 g/mol. The summed E-state index contributed by atoms with van der Waals surface area (Å²) in [5.41, 5.74) is 2.58. The predicted octanol–water partition coefficient (Wildman–Crippen LogP) is 4.49. The van der Waals surface area contributed by atoms with Gasteiger partial charge in [0.05, 0.1) is 19.8 Å². The number of methoxy groups -OCH3 is 2. The van der Waals surface area contributed by atoms with Crippen molar-refractivity contribution in [2.45, 2.75) is 50.6 Å². The van der Waals surface area contributed by atoms with Crippen molar-refractivity contribution in [1.29, 1.82) is 0 Å². The molecule has 0 saturated heterocycles. The molecule has 2 heterocycles. The highest BCUT2D eigenvalue weighted by Crippen LogP contribution is 2.45. The van der Waals surface area contributed by atoms with Gasteiger partial charge in [0.1, 0.15) is 5.82 Å². The molecule has 2 N–H and O–H groups in total. The van der Waals surface area contributed by atoms with Crippen molar-refractivity contribution in [3.63, 3.8) is 0 Å². The van der Waals surface area contributed by atoms with Crippen LogP contribution in [0, 0.1) is 5.92 Å². The lowest BCUT2D eigenvalue weighted by atomic mass is 9.76. The first kappa shape index (κ1) is 22.5. The highest BCUT2D eigenvalue weighted by atomic mass is 32.2. The average Bonchev–Trinajstić information content (AvgIpc) is 2.77. The summed E-state index contributed by atoms with van der Waals surface area (Å²) in [6, 6.07) is 5.54. The predicted molar refractivity (Wildman–Crippen MR) is 126 cm³/mol. The van der Waals surface area contributed by atoms with Crippen LogP contribution in [0.4, 0.5) is 5.82 Å². The molecule has 7 nitrogen and oxygen atoms in total. The molecule has 8 heteroatoms. The Bertz CT molecular complexity index is 1120. The lowest BCUT2D eigenvalue weighted by molar-refractivity contribution is -0.116. The van der Waals surface area contributed by atoms with Gasteiger partial charge in [0, 0.05) is 29.4 Å². The van der Waals surface area contributed by atoms with Crippen LogP contribution in [-0.2, 0) is 4.79 Å². The second kappa shape index (κ2) is 9.40. The zero-order valence-corrected chi connectivity index (χ0v) is 19.7. The van der Waals surface area contributed by atoms with Gasteiger partial charge in [-0.15, -0.1) is 0 Å². The molecular formula is C24H29N3O4S. The van der Waals surface area contributed by atoms with Crippen LogP contribution in [0.5, 0.6) is 11.5 Å². The number of carbonyl (C=O) groups is 1. The minimum absolute atomic E-state index is 0.0685. The van der Waals surface area contributed by atoms with Crippen molar-refractivity contribution < 1.29 is 14.3 Å². The number of thioether (sulfide) groups is 1. The maximum Gasteiger partial charge on any atom is 0.257 e. The molecule has 1 aliphatic carbocycles. The van der Waals surface area contributed by atoms with Gasteiger partial charge in [0.25, 0.3) is 5.56 Å². The van der Waals surface area contributed by atoms with Crippen LogP contribution < -0.4 is 20.3 Å². The summed E-state index contributed by atoms with van der Waals surface area (Å²) in [7, 11) is 3.15. The van der Waals surface area contributed by atoms with Crippen molar-refractivity contribution in [2.75, 3.05) is 25.3 Å². The van der Waals surface area contributed by atoms with Crippen LogP contribution in [0.1, 0.15) is 56.6 Å². The lowest BCUT2D eigenvalue weighted by Crippen LogP contribution is -2.32. The normalized spacial score (nSPS) is 17.7. The van der Waals surface area contributed by atoms with Crippen molar-refractivity contribution in [3.8, 4) is 11.5 Å². The van der Waals surface area contributed by atoms with E-state index in [1.807, 2.05) is 12.1 Å². The van der Waals surface area contributed by atoms with Gasteiger partial charge in [-0.05, 0) is 42.9 Å². The van der Waals surface area contributed by atoms with Crippen molar-refractivity contribution in [2.24, 2.45) is 5.92 Å². The molecule has 1 aromatic carbocycles. The first-order valence-electron chi connectivity index (χ1n) is 10.9. The first-order chi connectivity index (χ1) is 15.4. The van der Waals surface area contributed by atoms with Crippen LogP contribution in [0.3, 0.4) is 0 Å². The Labute approximate surface area is 192 Å². The number of carbonyl (C=O) groups excluding carboxylic acids is 1. The van der Waals surface area contributed by atoms with E-state index < -0.39 is 5.92 Å². The number of ketones is 1. The molecule has 0 spiro atoms. The Morgan fingerprint density at radius 2 is 1.94 bits per heavy atom. The Morgan fingerprint density at radius 3 is 2.66 bits per heavy atom. The van der Waals surface area contributed by atoms with E-state index in [0.29, 0.717) is 45.9 Å². The number of aromatic amines is 1. The molecule has 0 bridgehead atoms. The number of nitrogens with zero attached hydrogens (tertiary/aromatic N) is 1. The third-order valence-corrected chi connectivity index (χ3v) is 6.82. The number of aromatic nitrogens is 2. The second-order valence-electron chi connectivity index (χ2n) is 8.51.